The van der Waals surface area contributed by atoms with Crippen LogP contribution in [0.4, 0.5) is 0 Å². The largest absolute Gasteiger partial charge is 0.285 e. The number of nitrogens with one attached hydrogen (secondary N) is 1. The second kappa shape index (κ2) is 4.04. The molecule has 102 valence electrons. The Kier molecular flexibility index (Phi) is 2.17. The van der Waals surface area contributed by atoms with Crippen molar-refractivity contribution in [2.24, 2.45) is 0 Å². The fourth-order valence-corrected chi connectivity index (χ4v) is 3.92. The van der Waals surface area contributed by atoms with Crippen LogP contribution in [0.2, 0.25) is 0 Å². The summed E-state index contributed by atoms with van der Waals surface area (Å²) in [6.45, 7) is 0. The Morgan fingerprint density at radius 1 is 0.810 bits per heavy atom. The van der Waals surface area contributed by atoms with Gasteiger partial charge in [0.15, 0.2) is 0 Å². The van der Waals surface area contributed by atoms with Crippen LogP contribution in [0.1, 0.15) is 24.0 Å². The smallest absolute Gasteiger partial charge is 0.0551 e. The van der Waals surface area contributed by atoms with Crippen molar-refractivity contribution < 1.29 is 0 Å². The van der Waals surface area contributed by atoms with Crippen molar-refractivity contribution in [3.63, 3.8) is 0 Å². The van der Waals surface area contributed by atoms with Crippen LogP contribution in [-0.2, 0) is 12.8 Å². The topological polar surface area (TPSA) is 41.6 Å². The maximum Gasteiger partial charge on any atom is 0.0551 e. The molecule has 0 spiro atoms. The Hall–Kier alpha value is -2.42. The Balaban J connectivity index is 2.12. The van der Waals surface area contributed by atoms with Crippen molar-refractivity contribution in [2.45, 2.75) is 25.7 Å². The molecule has 0 fully saturated rings. The Morgan fingerprint density at radius 2 is 1.67 bits per heavy atom. The predicted molar refractivity (Wildman–Crippen MR) is 85.5 cm³/mol. The molecule has 2 heterocycles. The molecule has 0 radical (unpaired) electrons. The molecule has 0 aliphatic heterocycles. The highest BCUT2D eigenvalue weighted by Crippen LogP contribution is 2.39. The molecule has 1 aliphatic rings. The average molecular weight is 273 g/mol. The van der Waals surface area contributed by atoms with E-state index in [1.165, 1.54) is 69.1 Å². The van der Waals surface area contributed by atoms with E-state index in [4.69, 9.17) is 0 Å². The van der Waals surface area contributed by atoms with Crippen LogP contribution in [0, 0.1) is 0 Å². The summed E-state index contributed by atoms with van der Waals surface area (Å²) in [5.41, 5.74) is 3.05. The van der Waals surface area contributed by atoms with Gasteiger partial charge in [-0.25, -0.2) is 0 Å². The summed E-state index contributed by atoms with van der Waals surface area (Å²) in [5.74, 6) is 0. The SMILES string of the molecule is c1cc2c3cncc3c3c(c2c2c[nH]ncc12)CCCC3. The first-order valence-electron chi connectivity index (χ1n) is 7.56. The Bertz CT molecular complexity index is 998. The van der Waals surface area contributed by atoms with E-state index in [-0.39, 0.29) is 0 Å². The van der Waals surface area contributed by atoms with Gasteiger partial charge in [-0.05, 0) is 47.6 Å². The summed E-state index contributed by atoms with van der Waals surface area (Å²) in [7, 11) is 0. The Morgan fingerprint density at radius 3 is 2.62 bits per heavy atom. The van der Waals surface area contributed by atoms with Crippen molar-refractivity contribution in [3.8, 4) is 0 Å². The molecule has 2 aromatic carbocycles. The van der Waals surface area contributed by atoms with Gasteiger partial charge >= 0.3 is 0 Å². The van der Waals surface area contributed by atoms with Gasteiger partial charge in [-0.1, -0.05) is 12.1 Å². The lowest BCUT2D eigenvalue weighted by Gasteiger charge is -2.20. The second-order valence-electron chi connectivity index (χ2n) is 5.92. The lowest BCUT2D eigenvalue weighted by Crippen LogP contribution is -2.04. The standard InChI is InChI=1S/C18H15N3/c1-2-4-13-12(3-1)16-8-19-9-17(16)14-6-5-11-7-20-21-10-15(11)18(13)14/h5-10,21H,1-4H2. The van der Waals surface area contributed by atoms with Crippen LogP contribution in [0.15, 0.2) is 36.9 Å². The summed E-state index contributed by atoms with van der Waals surface area (Å²) >= 11 is 0. The average Bonchev–Trinajstić information content (AvgIpc) is 3.04. The normalized spacial score (nSPS) is 14.9. The number of hydrogen-bond acceptors (Lipinski definition) is 2. The molecule has 2 aromatic heterocycles. The molecule has 1 N–H and O–H groups in total. The van der Waals surface area contributed by atoms with Crippen molar-refractivity contribution >= 4 is 32.3 Å². The monoisotopic (exact) mass is 273 g/mol. The molecule has 0 saturated heterocycles. The van der Waals surface area contributed by atoms with Gasteiger partial charge in [0.25, 0.3) is 0 Å². The lowest BCUT2D eigenvalue weighted by atomic mass is 9.83. The van der Waals surface area contributed by atoms with Crippen LogP contribution in [0.3, 0.4) is 0 Å². The molecule has 0 unspecified atom stereocenters. The third-order valence-corrected chi connectivity index (χ3v) is 4.85. The number of hydrogen-bond donors (Lipinski definition) is 1. The van der Waals surface area contributed by atoms with Crippen LogP contribution >= 0.6 is 0 Å². The fourth-order valence-electron chi connectivity index (χ4n) is 3.92. The van der Waals surface area contributed by atoms with E-state index >= 15 is 0 Å². The van der Waals surface area contributed by atoms with Gasteiger partial charge in [0.05, 0.1) is 6.20 Å². The molecular formula is C18H15N3. The van der Waals surface area contributed by atoms with Crippen LogP contribution < -0.4 is 0 Å². The minimum atomic E-state index is 1.17. The number of fused-ring (bicyclic) bond motifs is 8. The summed E-state index contributed by atoms with van der Waals surface area (Å²) in [6.07, 6.45) is 12.9. The summed E-state index contributed by atoms with van der Waals surface area (Å²) < 4.78 is 0. The van der Waals surface area contributed by atoms with Gasteiger partial charge in [0.2, 0.25) is 0 Å². The molecule has 3 nitrogen and oxygen atoms in total. The lowest BCUT2D eigenvalue weighted by molar-refractivity contribution is 0.694. The zero-order valence-electron chi connectivity index (χ0n) is 11.7. The zero-order valence-corrected chi connectivity index (χ0v) is 11.7. The fraction of sp³-hybridized carbons (Fsp3) is 0.222. The quantitative estimate of drug-likeness (QED) is 0.489. The predicted octanol–water partition coefficient (Wildman–Crippen LogP) is 4.14. The van der Waals surface area contributed by atoms with E-state index in [0.717, 1.165) is 0 Å². The summed E-state index contributed by atoms with van der Waals surface area (Å²) in [4.78, 5) is 4.42. The molecule has 5 rings (SSSR count). The highest BCUT2D eigenvalue weighted by molar-refractivity contribution is 6.19. The van der Waals surface area contributed by atoms with Gasteiger partial charge in [0.1, 0.15) is 0 Å². The molecule has 1 aliphatic carbocycles. The van der Waals surface area contributed by atoms with Gasteiger partial charge in [-0.2, -0.15) is 5.10 Å². The van der Waals surface area contributed by atoms with Gasteiger partial charge in [-0.15, -0.1) is 0 Å². The molecule has 0 bridgehead atoms. The number of rotatable bonds is 0. The molecule has 0 saturated carbocycles. The van der Waals surface area contributed by atoms with Crippen molar-refractivity contribution in [1.29, 1.82) is 0 Å². The third-order valence-electron chi connectivity index (χ3n) is 4.85. The van der Waals surface area contributed by atoms with Gasteiger partial charge < -0.3 is 0 Å². The molecule has 3 heteroatoms. The van der Waals surface area contributed by atoms with Crippen molar-refractivity contribution in [3.05, 3.63) is 48.0 Å². The van der Waals surface area contributed by atoms with E-state index in [0.29, 0.717) is 0 Å². The van der Waals surface area contributed by atoms with E-state index in [1.807, 2.05) is 24.8 Å². The number of nitrogens with zero attached hydrogens (tertiary/aromatic N) is 2. The second-order valence-corrected chi connectivity index (χ2v) is 5.92. The maximum atomic E-state index is 4.42. The van der Waals surface area contributed by atoms with Gasteiger partial charge in [0, 0.05) is 40.1 Å². The molecule has 0 amide bonds. The first kappa shape index (κ1) is 11.3. The van der Waals surface area contributed by atoms with E-state index in [2.05, 4.69) is 27.3 Å². The Labute approximate surface area is 122 Å². The van der Waals surface area contributed by atoms with Crippen molar-refractivity contribution in [2.75, 3.05) is 0 Å². The summed E-state index contributed by atoms with van der Waals surface area (Å²) in [5, 5.41) is 15.0. The van der Waals surface area contributed by atoms with E-state index in [1.54, 1.807) is 0 Å². The van der Waals surface area contributed by atoms with Crippen molar-refractivity contribution in [1.82, 2.24) is 15.2 Å². The van der Waals surface area contributed by atoms with E-state index < -0.39 is 0 Å². The van der Waals surface area contributed by atoms with Crippen LogP contribution in [0.25, 0.3) is 32.3 Å². The van der Waals surface area contributed by atoms with E-state index in [9.17, 15) is 0 Å². The highest BCUT2D eigenvalue weighted by Gasteiger charge is 2.19. The maximum absolute atomic E-state index is 4.42. The number of benzene rings is 2. The van der Waals surface area contributed by atoms with Gasteiger partial charge in [-0.3, -0.25) is 10.1 Å². The minimum absolute atomic E-state index is 1.17. The molecule has 4 aromatic rings. The number of aryl methyl sites for hydroxylation is 2. The highest BCUT2D eigenvalue weighted by atomic mass is 15.1. The van der Waals surface area contributed by atoms with Crippen LogP contribution in [-0.4, -0.2) is 15.2 Å². The number of aromatic nitrogens is 3. The first-order chi connectivity index (χ1) is 10.4. The first-order valence-corrected chi connectivity index (χ1v) is 7.56. The molecule has 21 heavy (non-hydrogen) atoms. The molecule has 0 atom stereocenters. The third kappa shape index (κ3) is 1.43. The number of H-pyrrole nitrogens is 1. The molecular weight excluding hydrogens is 258 g/mol. The minimum Gasteiger partial charge on any atom is -0.285 e. The summed E-state index contributed by atoms with van der Waals surface area (Å²) in [6, 6.07) is 4.40. The van der Waals surface area contributed by atoms with Crippen LogP contribution in [0.5, 0.6) is 0 Å². The number of aromatic amines is 1. The zero-order chi connectivity index (χ0) is 13.8.